The van der Waals surface area contributed by atoms with Crippen LogP contribution in [0.5, 0.6) is 5.75 Å². The van der Waals surface area contributed by atoms with Crippen molar-refractivity contribution in [3.63, 3.8) is 0 Å². The third-order valence-corrected chi connectivity index (χ3v) is 4.69. The summed E-state index contributed by atoms with van der Waals surface area (Å²) in [5.41, 5.74) is 2.80. The van der Waals surface area contributed by atoms with Gasteiger partial charge in [0.25, 0.3) is 5.91 Å². The standard InChI is InChI=1S/C17H18N2O4S/c1-3-19-14(11-4-6-12(22-2)7-5-11)8-15(16(19)20)23-17(21)13-9-24-10-18-13/h4-7,9-10,14-15H,3,8H2,1-2H3/t14-,15+/m0/s1. The molecular weight excluding hydrogens is 328 g/mol. The lowest BCUT2D eigenvalue weighted by Gasteiger charge is -2.23. The van der Waals surface area contributed by atoms with Crippen LogP contribution in [0.3, 0.4) is 0 Å². The van der Waals surface area contributed by atoms with Gasteiger partial charge in [-0.25, -0.2) is 9.78 Å². The molecule has 1 aliphatic heterocycles. The van der Waals surface area contributed by atoms with E-state index in [-0.39, 0.29) is 17.6 Å². The van der Waals surface area contributed by atoms with Gasteiger partial charge in [-0.2, -0.15) is 0 Å². The third kappa shape index (κ3) is 3.12. The number of carbonyl (C=O) groups is 2. The van der Waals surface area contributed by atoms with Crippen LogP contribution in [0, 0.1) is 0 Å². The molecule has 0 bridgehead atoms. The number of ether oxygens (including phenoxy) is 2. The first-order valence-corrected chi connectivity index (χ1v) is 8.62. The van der Waals surface area contributed by atoms with Gasteiger partial charge in [0.2, 0.25) is 0 Å². The molecule has 0 aliphatic carbocycles. The van der Waals surface area contributed by atoms with Crippen molar-refractivity contribution in [1.82, 2.24) is 9.88 Å². The molecule has 0 saturated carbocycles. The van der Waals surface area contributed by atoms with Gasteiger partial charge in [0.1, 0.15) is 5.75 Å². The SMILES string of the molecule is CCN1C(=O)[C@H](OC(=O)c2cscn2)C[C@H]1c1ccc(OC)cc1. The van der Waals surface area contributed by atoms with Crippen LogP contribution in [0.15, 0.2) is 35.2 Å². The Balaban J connectivity index is 1.76. The van der Waals surface area contributed by atoms with Crippen LogP contribution < -0.4 is 4.74 Å². The van der Waals surface area contributed by atoms with Crippen molar-refractivity contribution in [1.29, 1.82) is 0 Å². The van der Waals surface area contributed by atoms with Crippen LogP contribution in [0.25, 0.3) is 0 Å². The fourth-order valence-electron chi connectivity index (χ4n) is 2.89. The highest BCUT2D eigenvalue weighted by molar-refractivity contribution is 7.07. The van der Waals surface area contributed by atoms with E-state index in [1.54, 1.807) is 22.9 Å². The predicted octanol–water partition coefficient (Wildman–Crippen LogP) is 2.67. The first-order valence-electron chi connectivity index (χ1n) is 7.67. The lowest BCUT2D eigenvalue weighted by Crippen LogP contribution is -2.32. The van der Waals surface area contributed by atoms with Gasteiger partial charge in [-0.05, 0) is 24.6 Å². The Morgan fingerprint density at radius 3 is 2.71 bits per heavy atom. The highest BCUT2D eigenvalue weighted by Gasteiger charge is 2.42. The molecule has 1 aromatic heterocycles. The third-order valence-electron chi connectivity index (χ3n) is 4.10. The summed E-state index contributed by atoms with van der Waals surface area (Å²) in [6.45, 7) is 2.47. The first-order chi connectivity index (χ1) is 11.6. The lowest BCUT2D eigenvalue weighted by molar-refractivity contribution is -0.135. The summed E-state index contributed by atoms with van der Waals surface area (Å²) in [5, 5.41) is 1.61. The fraction of sp³-hybridized carbons (Fsp3) is 0.353. The topological polar surface area (TPSA) is 68.7 Å². The van der Waals surface area contributed by atoms with Crippen LogP contribution in [-0.2, 0) is 9.53 Å². The van der Waals surface area contributed by atoms with E-state index in [1.807, 2.05) is 31.2 Å². The summed E-state index contributed by atoms with van der Waals surface area (Å²) in [4.78, 5) is 30.3. The molecule has 1 aliphatic rings. The Bertz CT molecular complexity index is 715. The summed E-state index contributed by atoms with van der Waals surface area (Å²) in [6.07, 6.45) is -0.333. The highest BCUT2D eigenvalue weighted by atomic mass is 32.1. The number of likely N-dealkylation sites (N-methyl/N-ethyl adjacent to an activating group) is 1. The van der Waals surface area contributed by atoms with Gasteiger partial charge in [0.05, 0.1) is 18.7 Å². The maximum atomic E-state index is 12.6. The molecule has 2 atom stereocenters. The number of aromatic nitrogens is 1. The van der Waals surface area contributed by atoms with E-state index < -0.39 is 12.1 Å². The second kappa shape index (κ2) is 7.00. The van der Waals surface area contributed by atoms with E-state index in [1.165, 1.54) is 11.3 Å². The molecule has 1 amide bonds. The van der Waals surface area contributed by atoms with Gasteiger partial charge < -0.3 is 14.4 Å². The van der Waals surface area contributed by atoms with Crippen LogP contribution >= 0.6 is 11.3 Å². The van der Waals surface area contributed by atoms with Gasteiger partial charge in [0.15, 0.2) is 11.8 Å². The Labute approximate surface area is 144 Å². The van der Waals surface area contributed by atoms with Crippen molar-refractivity contribution in [2.24, 2.45) is 0 Å². The van der Waals surface area contributed by atoms with Crippen molar-refractivity contribution >= 4 is 23.2 Å². The van der Waals surface area contributed by atoms with Crippen molar-refractivity contribution < 1.29 is 19.1 Å². The zero-order valence-corrected chi connectivity index (χ0v) is 14.3. The van der Waals surface area contributed by atoms with Gasteiger partial charge >= 0.3 is 5.97 Å². The molecule has 2 heterocycles. The average Bonchev–Trinajstić information content (AvgIpc) is 3.24. The van der Waals surface area contributed by atoms with Gasteiger partial charge in [0, 0.05) is 18.3 Å². The summed E-state index contributed by atoms with van der Waals surface area (Å²) in [5.74, 6) is 0.0422. The highest BCUT2D eigenvalue weighted by Crippen LogP contribution is 2.35. The van der Waals surface area contributed by atoms with Crippen molar-refractivity contribution in [3.05, 3.63) is 46.4 Å². The molecule has 3 rings (SSSR count). The Morgan fingerprint density at radius 1 is 1.38 bits per heavy atom. The molecule has 0 radical (unpaired) electrons. The molecule has 1 fully saturated rings. The molecule has 1 saturated heterocycles. The zero-order valence-electron chi connectivity index (χ0n) is 13.5. The summed E-state index contributed by atoms with van der Waals surface area (Å²) < 4.78 is 10.6. The van der Waals surface area contributed by atoms with E-state index in [9.17, 15) is 9.59 Å². The molecule has 126 valence electrons. The molecular formula is C17H18N2O4S. The normalized spacial score (nSPS) is 20.2. The number of hydrogen-bond acceptors (Lipinski definition) is 6. The van der Waals surface area contributed by atoms with Crippen molar-refractivity contribution in [2.45, 2.75) is 25.5 Å². The van der Waals surface area contributed by atoms with Crippen molar-refractivity contribution in [2.75, 3.05) is 13.7 Å². The van der Waals surface area contributed by atoms with Gasteiger partial charge in [-0.15, -0.1) is 11.3 Å². The van der Waals surface area contributed by atoms with E-state index in [0.29, 0.717) is 13.0 Å². The van der Waals surface area contributed by atoms with E-state index >= 15 is 0 Å². The molecule has 0 spiro atoms. The predicted molar refractivity (Wildman–Crippen MR) is 89.1 cm³/mol. The number of benzene rings is 1. The van der Waals surface area contributed by atoms with Gasteiger partial charge in [-0.1, -0.05) is 12.1 Å². The number of methoxy groups -OCH3 is 1. The van der Waals surface area contributed by atoms with E-state index in [4.69, 9.17) is 9.47 Å². The minimum Gasteiger partial charge on any atom is -0.497 e. The number of esters is 1. The molecule has 24 heavy (non-hydrogen) atoms. The quantitative estimate of drug-likeness (QED) is 0.779. The molecule has 2 aromatic rings. The van der Waals surface area contributed by atoms with Crippen LogP contribution in [0.1, 0.15) is 35.4 Å². The Kier molecular flexibility index (Phi) is 4.80. The smallest absolute Gasteiger partial charge is 0.358 e. The summed E-state index contributed by atoms with van der Waals surface area (Å²) in [7, 11) is 1.61. The fourth-order valence-corrected chi connectivity index (χ4v) is 3.41. The van der Waals surface area contributed by atoms with Crippen LogP contribution in [-0.4, -0.2) is 41.5 Å². The second-order valence-electron chi connectivity index (χ2n) is 5.42. The summed E-state index contributed by atoms with van der Waals surface area (Å²) in [6, 6.07) is 7.49. The number of amides is 1. The monoisotopic (exact) mass is 346 g/mol. The largest absolute Gasteiger partial charge is 0.497 e. The van der Waals surface area contributed by atoms with Crippen molar-refractivity contribution in [3.8, 4) is 5.75 Å². The molecule has 1 aromatic carbocycles. The zero-order chi connectivity index (χ0) is 17.1. The molecule has 6 nitrogen and oxygen atoms in total. The van der Waals surface area contributed by atoms with Crippen LogP contribution in [0.2, 0.25) is 0 Å². The maximum absolute atomic E-state index is 12.6. The number of hydrogen-bond donors (Lipinski definition) is 0. The van der Waals surface area contributed by atoms with E-state index in [2.05, 4.69) is 4.98 Å². The number of likely N-dealkylation sites (tertiary alicyclic amines) is 1. The number of carbonyl (C=O) groups excluding carboxylic acids is 2. The summed E-state index contributed by atoms with van der Waals surface area (Å²) >= 11 is 1.31. The first kappa shape index (κ1) is 16.4. The minimum absolute atomic E-state index is 0.110. The van der Waals surface area contributed by atoms with E-state index in [0.717, 1.165) is 11.3 Å². The average molecular weight is 346 g/mol. The molecule has 0 unspecified atom stereocenters. The lowest BCUT2D eigenvalue weighted by atomic mass is 10.0. The number of thiazole rings is 1. The molecule has 7 heteroatoms. The maximum Gasteiger partial charge on any atom is 0.358 e. The Morgan fingerprint density at radius 2 is 2.12 bits per heavy atom. The minimum atomic E-state index is -0.772. The number of rotatable bonds is 5. The Hall–Kier alpha value is -2.41. The number of nitrogens with zero attached hydrogens (tertiary/aromatic N) is 2. The molecule has 0 N–H and O–H groups in total. The van der Waals surface area contributed by atoms with Gasteiger partial charge in [-0.3, -0.25) is 4.79 Å². The second-order valence-corrected chi connectivity index (χ2v) is 6.14. The van der Waals surface area contributed by atoms with Crippen LogP contribution in [0.4, 0.5) is 0 Å².